The first-order chi connectivity index (χ1) is 7.33. The summed E-state index contributed by atoms with van der Waals surface area (Å²) in [4.78, 5) is 2.25. The van der Waals surface area contributed by atoms with Crippen molar-refractivity contribution in [2.75, 3.05) is 13.1 Å². The lowest BCUT2D eigenvalue weighted by Gasteiger charge is -2.22. The van der Waals surface area contributed by atoms with E-state index in [4.69, 9.17) is 0 Å². The molecule has 1 aliphatic heterocycles. The van der Waals surface area contributed by atoms with E-state index in [1.54, 1.807) is 0 Å². The molecule has 1 unspecified atom stereocenters. The second-order valence-corrected chi connectivity index (χ2v) is 4.65. The van der Waals surface area contributed by atoms with Gasteiger partial charge in [0.1, 0.15) is 6.04 Å². The van der Waals surface area contributed by atoms with E-state index in [2.05, 4.69) is 26.9 Å². The monoisotopic (exact) mass is 264 g/mol. The van der Waals surface area contributed by atoms with Crippen LogP contribution in [0.5, 0.6) is 0 Å². The predicted octanol–water partition coefficient (Wildman–Crippen LogP) is 3.11. The summed E-state index contributed by atoms with van der Waals surface area (Å²) in [6.45, 7) is 2.08. The lowest BCUT2D eigenvalue weighted by Crippen LogP contribution is -2.24. The highest BCUT2D eigenvalue weighted by Crippen LogP contribution is 2.29. The van der Waals surface area contributed by atoms with Gasteiger partial charge in [-0.3, -0.25) is 4.90 Å². The van der Waals surface area contributed by atoms with Crippen LogP contribution in [0.2, 0.25) is 0 Å². The average molecular weight is 265 g/mol. The number of rotatable bonds is 2. The molecule has 0 aliphatic carbocycles. The zero-order valence-corrected chi connectivity index (χ0v) is 10.1. The molecule has 3 heteroatoms. The number of likely N-dealkylation sites (tertiary alicyclic amines) is 1. The molecule has 0 radical (unpaired) electrons. The van der Waals surface area contributed by atoms with Crippen molar-refractivity contribution >= 4 is 15.9 Å². The summed E-state index contributed by atoms with van der Waals surface area (Å²) >= 11 is 3.51. The Balaban J connectivity index is 2.27. The molecule has 1 aromatic rings. The number of benzene rings is 1. The van der Waals surface area contributed by atoms with Crippen molar-refractivity contribution in [1.29, 1.82) is 5.26 Å². The van der Waals surface area contributed by atoms with Crippen LogP contribution in [0.3, 0.4) is 0 Å². The first kappa shape index (κ1) is 10.7. The Morgan fingerprint density at radius 2 is 1.93 bits per heavy atom. The number of nitrogens with zero attached hydrogens (tertiary/aromatic N) is 2. The Hall–Kier alpha value is -0.850. The lowest BCUT2D eigenvalue weighted by molar-refractivity contribution is 0.293. The standard InChI is InChI=1S/C12H13BrN2/c13-11-6-2-1-5-10(11)12(9-14)15-7-3-4-8-15/h1-2,5-6,12H,3-4,7-8H2. The first-order valence-electron chi connectivity index (χ1n) is 5.21. The maximum Gasteiger partial charge on any atom is 0.124 e. The van der Waals surface area contributed by atoms with Crippen molar-refractivity contribution in [1.82, 2.24) is 4.90 Å². The minimum atomic E-state index is -0.0944. The molecule has 0 N–H and O–H groups in total. The third-order valence-corrected chi connectivity index (χ3v) is 3.55. The van der Waals surface area contributed by atoms with Gasteiger partial charge in [-0.1, -0.05) is 34.1 Å². The van der Waals surface area contributed by atoms with Gasteiger partial charge in [0.2, 0.25) is 0 Å². The SMILES string of the molecule is N#CC(c1ccccc1Br)N1CCCC1. The van der Waals surface area contributed by atoms with E-state index in [9.17, 15) is 5.26 Å². The van der Waals surface area contributed by atoms with Crippen molar-refractivity contribution in [3.63, 3.8) is 0 Å². The molecule has 0 spiro atoms. The second-order valence-electron chi connectivity index (χ2n) is 3.80. The van der Waals surface area contributed by atoms with Gasteiger partial charge in [0.15, 0.2) is 0 Å². The van der Waals surface area contributed by atoms with E-state index in [0.717, 1.165) is 23.1 Å². The molecule has 0 amide bonds. The summed E-state index contributed by atoms with van der Waals surface area (Å²) < 4.78 is 1.03. The molecule has 2 nitrogen and oxygen atoms in total. The Morgan fingerprint density at radius 3 is 2.53 bits per heavy atom. The Labute approximate surface area is 98.6 Å². The molecule has 1 aromatic carbocycles. The zero-order valence-electron chi connectivity index (χ0n) is 8.49. The summed E-state index contributed by atoms with van der Waals surface area (Å²) in [5.74, 6) is 0. The van der Waals surface area contributed by atoms with Gasteiger partial charge in [-0.25, -0.2) is 0 Å². The normalized spacial score (nSPS) is 18.7. The topological polar surface area (TPSA) is 27.0 Å². The third-order valence-electron chi connectivity index (χ3n) is 2.83. The van der Waals surface area contributed by atoms with E-state index >= 15 is 0 Å². The summed E-state index contributed by atoms with van der Waals surface area (Å²) in [5, 5.41) is 9.25. The first-order valence-corrected chi connectivity index (χ1v) is 6.00. The van der Waals surface area contributed by atoms with Crippen molar-refractivity contribution in [2.24, 2.45) is 0 Å². The van der Waals surface area contributed by atoms with Crippen molar-refractivity contribution in [2.45, 2.75) is 18.9 Å². The van der Waals surface area contributed by atoms with Crippen LogP contribution < -0.4 is 0 Å². The van der Waals surface area contributed by atoms with E-state index in [-0.39, 0.29) is 6.04 Å². The minimum Gasteiger partial charge on any atom is -0.284 e. The van der Waals surface area contributed by atoms with Gasteiger partial charge in [0.05, 0.1) is 6.07 Å². The molecule has 1 fully saturated rings. The third kappa shape index (κ3) is 2.22. The minimum absolute atomic E-state index is 0.0944. The maximum atomic E-state index is 9.25. The number of hydrogen-bond acceptors (Lipinski definition) is 2. The molecule has 1 heterocycles. The number of hydrogen-bond donors (Lipinski definition) is 0. The van der Waals surface area contributed by atoms with Crippen molar-refractivity contribution in [3.05, 3.63) is 34.3 Å². The van der Waals surface area contributed by atoms with Crippen LogP contribution in [-0.2, 0) is 0 Å². The highest BCUT2D eigenvalue weighted by Gasteiger charge is 2.24. The van der Waals surface area contributed by atoms with Gasteiger partial charge in [0, 0.05) is 4.47 Å². The largest absolute Gasteiger partial charge is 0.284 e. The van der Waals surface area contributed by atoms with Gasteiger partial charge in [-0.15, -0.1) is 0 Å². The Kier molecular flexibility index (Phi) is 3.40. The molecular weight excluding hydrogens is 252 g/mol. The van der Waals surface area contributed by atoms with Gasteiger partial charge >= 0.3 is 0 Å². The smallest absolute Gasteiger partial charge is 0.124 e. The quantitative estimate of drug-likeness (QED) is 0.821. The Bertz CT molecular complexity index is 377. The molecule has 1 atom stereocenters. The van der Waals surface area contributed by atoms with E-state index < -0.39 is 0 Å². The van der Waals surface area contributed by atoms with Crippen LogP contribution in [-0.4, -0.2) is 18.0 Å². The fourth-order valence-electron chi connectivity index (χ4n) is 2.04. The fourth-order valence-corrected chi connectivity index (χ4v) is 2.55. The van der Waals surface area contributed by atoms with Crippen LogP contribution in [0.4, 0.5) is 0 Å². The van der Waals surface area contributed by atoms with Crippen LogP contribution in [0.15, 0.2) is 28.7 Å². The molecule has 0 aromatic heterocycles. The molecule has 0 bridgehead atoms. The van der Waals surface area contributed by atoms with Crippen LogP contribution in [0.25, 0.3) is 0 Å². The van der Waals surface area contributed by atoms with Gasteiger partial charge in [0.25, 0.3) is 0 Å². The molecule has 15 heavy (non-hydrogen) atoms. The van der Waals surface area contributed by atoms with E-state index in [1.807, 2.05) is 24.3 Å². The second kappa shape index (κ2) is 4.78. The number of halogens is 1. The summed E-state index contributed by atoms with van der Waals surface area (Å²) in [6, 6.07) is 10.3. The maximum absolute atomic E-state index is 9.25. The van der Waals surface area contributed by atoms with Crippen molar-refractivity contribution < 1.29 is 0 Å². The summed E-state index contributed by atoms with van der Waals surface area (Å²) in [7, 11) is 0. The van der Waals surface area contributed by atoms with Crippen LogP contribution >= 0.6 is 15.9 Å². The summed E-state index contributed by atoms with van der Waals surface area (Å²) in [6.07, 6.45) is 2.42. The van der Waals surface area contributed by atoms with E-state index in [0.29, 0.717) is 0 Å². The summed E-state index contributed by atoms with van der Waals surface area (Å²) in [5.41, 5.74) is 1.09. The molecule has 0 saturated carbocycles. The highest BCUT2D eigenvalue weighted by molar-refractivity contribution is 9.10. The molecule has 2 rings (SSSR count). The van der Waals surface area contributed by atoms with Gasteiger partial charge < -0.3 is 0 Å². The zero-order chi connectivity index (χ0) is 10.7. The predicted molar refractivity (Wildman–Crippen MR) is 63.3 cm³/mol. The van der Waals surface area contributed by atoms with Crippen LogP contribution in [0, 0.1) is 11.3 Å². The average Bonchev–Trinajstić information content (AvgIpc) is 2.75. The lowest BCUT2D eigenvalue weighted by atomic mass is 10.1. The van der Waals surface area contributed by atoms with Crippen molar-refractivity contribution in [3.8, 4) is 6.07 Å². The molecule has 1 saturated heterocycles. The fraction of sp³-hybridized carbons (Fsp3) is 0.417. The van der Waals surface area contributed by atoms with Gasteiger partial charge in [-0.05, 0) is 37.6 Å². The molecule has 1 aliphatic rings. The van der Waals surface area contributed by atoms with Crippen LogP contribution in [0.1, 0.15) is 24.4 Å². The molecular formula is C12H13BrN2. The molecule has 78 valence electrons. The highest BCUT2D eigenvalue weighted by atomic mass is 79.9. The Morgan fingerprint density at radius 1 is 1.27 bits per heavy atom. The van der Waals surface area contributed by atoms with Gasteiger partial charge in [-0.2, -0.15) is 5.26 Å². The number of nitriles is 1. The van der Waals surface area contributed by atoms with E-state index in [1.165, 1.54) is 12.8 Å².